The van der Waals surface area contributed by atoms with Crippen molar-refractivity contribution in [1.82, 2.24) is 0 Å². The molecule has 0 radical (unpaired) electrons. The van der Waals surface area contributed by atoms with Crippen molar-refractivity contribution in [2.75, 3.05) is 10.6 Å². The van der Waals surface area contributed by atoms with E-state index in [1.54, 1.807) is 24.3 Å². The minimum absolute atomic E-state index is 0.0690. The largest absolute Gasteiger partial charge is 0.478 e. The molecule has 0 aliphatic heterocycles. The van der Waals surface area contributed by atoms with Crippen LogP contribution in [-0.4, -0.2) is 34.0 Å². The molecule has 0 saturated heterocycles. The van der Waals surface area contributed by atoms with Gasteiger partial charge in [-0.1, -0.05) is 24.3 Å². The molecule has 0 saturated carbocycles. The van der Waals surface area contributed by atoms with E-state index in [9.17, 15) is 38.2 Å². The topological polar surface area (TPSA) is 133 Å². The van der Waals surface area contributed by atoms with Gasteiger partial charge in [0.15, 0.2) is 0 Å². The van der Waals surface area contributed by atoms with Crippen molar-refractivity contribution in [3.63, 3.8) is 0 Å². The third kappa shape index (κ3) is 4.51. The Balaban J connectivity index is 1.51. The second-order valence-corrected chi connectivity index (χ2v) is 10.7. The summed E-state index contributed by atoms with van der Waals surface area (Å²) in [7, 11) is 0. The Morgan fingerprint density at radius 2 is 0.717 bits per heavy atom. The van der Waals surface area contributed by atoms with E-state index in [1.165, 1.54) is 72.8 Å². The van der Waals surface area contributed by atoms with Crippen LogP contribution in [-0.2, 0) is 0 Å². The van der Waals surface area contributed by atoms with Crippen molar-refractivity contribution in [2.24, 2.45) is 0 Å². The molecule has 0 atom stereocenters. The van der Waals surface area contributed by atoms with E-state index in [4.69, 9.17) is 0 Å². The first-order valence-electron chi connectivity index (χ1n) is 13.9. The molecule has 0 aliphatic rings. The lowest BCUT2D eigenvalue weighted by molar-refractivity contribution is 0.0688. The summed E-state index contributed by atoms with van der Waals surface area (Å²) in [6.45, 7) is 0. The molecular formula is C36H20F2N2O6. The summed E-state index contributed by atoms with van der Waals surface area (Å²) >= 11 is 0. The molecule has 2 amide bonds. The standard InChI is InChI=1S/C36H20F2N2O6/c37-17-1-5-19(6-2-17)39-33(41)25-13-9-21-24-12-16-28(36(45)46)32-26(34(42)40-20-7-3-18(38)4-8-20)14-10-22(30(24)32)23-11-15-27(35(43)44)31(25)29(21)23/h1-16H,(H,39,41)(H,40,42)(H,43,44)(H,45,46). The van der Waals surface area contributed by atoms with E-state index in [1.807, 2.05) is 0 Å². The molecule has 0 bridgehead atoms. The summed E-state index contributed by atoms with van der Waals surface area (Å²) < 4.78 is 26.9. The number of nitrogens with one attached hydrogen (secondary N) is 2. The second-order valence-electron chi connectivity index (χ2n) is 10.7. The minimum atomic E-state index is -1.26. The molecule has 0 aliphatic carbocycles. The van der Waals surface area contributed by atoms with Gasteiger partial charge in [0.05, 0.1) is 11.1 Å². The third-order valence-electron chi connectivity index (χ3n) is 8.06. The molecule has 7 rings (SSSR count). The van der Waals surface area contributed by atoms with Crippen molar-refractivity contribution in [3.8, 4) is 0 Å². The van der Waals surface area contributed by atoms with Gasteiger partial charge in [-0.05, 0) is 105 Å². The Labute approximate surface area is 257 Å². The van der Waals surface area contributed by atoms with Crippen LogP contribution in [0.4, 0.5) is 20.2 Å². The van der Waals surface area contributed by atoms with Crippen molar-refractivity contribution in [1.29, 1.82) is 0 Å². The molecule has 0 aromatic heterocycles. The molecule has 0 heterocycles. The van der Waals surface area contributed by atoms with Gasteiger partial charge in [-0.25, -0.2) is 18.4 Å². The fourth-order valence-corrected chi connectivity index (χ4v) is 6.09. The van der Waals surface area contributed by atoms with Crippen LogP contribution in [0.15, 0.2) is 97.1 Å². The lowest BCUT2D eigenvalue weighted by Crippen LogP contribution is -2.15. The number of amides is 2. The highest BCUT2D eigenvalue weighted by atomic mass is 19.1. The summed E-state index contributed by atoms with van der Waals surface area (Å²) in [5.41, 5.74) is 0.515. The number of hydrogen-bond acceptors (Lipinski definition) is 4. The van der Waals surface area contributed by atoms with Crippen LogP contribution in [0.25, 0.3) is 43.1 Å². The third-order valence-corrected chi connectivity index (χ3v) is 8.06. The molecule has 7 aromatic rings. The first-order valence-corrected chi connectivity index (χ1v) is 13.9. The molecule has 224 valence electrons. The van der Waals surface area contributed by atoms with Crippen LogP contribution in [0, 0.1) is 11.6 Å². The summed E-state index contributed by atoms with van der Waals surface area (Å²) in [6, 6.07) is 22.5. The normalized spacial score (nSPS) is 11.3. The molecule has 4 N–H and O–H groups in total. The van der Waals surface area contributed by atoms with Crippen molar-refractivity contribution in [2.45, 2.75) is 0 Å². The monoisotopic (exact) mass is 614 g/mol. The van der Waals surface area contributed by atoms with E-state index < -0.39 is 35.4 Å². The van der Waals surface area contributed by atoms with E-state index in [-0.39, 0.29) is 33.0 Å². The number of carboxylic acids is 2. The first kappa shape index (κ1) is 28.4. The molecule has 0 unspecified atom stereocenters. The number of fused-ring (bicyclic) bond motifs is 2. The number of aromatic carboxylic acids is 2. The van der Waals surface area contributed by atoms with Gasteiger partial charge in [-0.2, -0.15) is 0 Å². The number of anilines is 2. The van der Waals surface area contributed by atoms with Gasteiger partial charge in [0.1, 0.15) is 11.6 Å². The Hall–Kier alpha value is -6.42. The van der Waals surface area contributed by atoms with Crippen LogP contribution >= 0.6 is 0 Å². The van der Waals surface area contributed by atoms with Crippen LogP contribution < -0.4 is 10.6 Å². The highest BCUT2D eigenvalue weighted by molar-refractivity contribution is 6.38. The highest BCUT2D eigenvalue weighted by Crippen LogP contribution is 2.44. The molecule has 10 heteroatoms. The SMILES string of the molecule is O=C(O)c1ccc2c3ccc(C(=O)Nc4ccc(F)cc4)c4c(C(=O)O)ccc(c5ccc(C(=O)Nc6ccc(F)cc6)c1c25)c43. The average molecular weight is 615 g/mol. The fourth-order valence-electron chi connectivity index (χ4n) is 6.09. The van der Waals surface area contributed by atoms with Crippen LogP contribution in [0.2, 0.25) is 0 Å². The Morgan fingerprint density at radius 1 is 0.413 bits per heavy atom. The quantitative estimate of drug-likeness (QED) is 0.111. The fraction of sp³-hybridized carbons (Fsp3) is 0. The van der Waals surface area contributed by atoms with E-state index in [0.29, 0.717) is 43.7 Å². The van der Waals surface area contributed by atoms with Gasteiger partial charge in [0.2, 0.25) is 0 Å². The van der Waals surface area contributed by atoms with Crippen molar-refractivity contribution < 1.29 is 38.2 Å². The second kappa shape index (κ2) is 10.6. The summed E-state index contributed by atoms with van der Waals surface area (Å²) in [4.78, 5) is 52.0. The van der Waals surface area contributed by atoms with Gasteiger partial charge in [-0.15, -0.1) is 0 Å². The van der Waals surface area contributed by atoms with Crippen LogP contribution in [0.3, 0.4) is 0 Å². The molecule has 0 fully saturated rings. The predicted molar refractivity (Wildman–Crippen MR) is 170 cm³/mol. The maximum Gasteiger partial charge on any atom is 0.336 e. The molecule has 8 nitrogen and oxygen atoms in total. The van der Waals surface area contributed by atoms with Crippen LogP contribution in [0.1, 0.15) is 41.4 Å². The number of benzene rings is 7. The van der Waals surface area contributed by atoms with Crippen LogP contribution in [0.5, 0.6) is 0 Å². The Bertz CT molecular complexity index is 2230. The molecule has 7 aromatic carbocycles. The van der Waals surface area contributed by atoms with Gasteiger partial charge in [-0.3, -0.25) is 9.59 Å². The predicted octanol–water partition coefficient (Wildman–Crippen LogP) is 7.92. The Kier molecular flexibility index (Phi) is 6.56. The van der Waals surface area contributed by atoms with Crippen molar-refractivity contribution in [3.05, 3.63) is 131 Å². The first-order chi connectivity index (χ1) is 22.1. The zero-order chi connectivity index (χ0) is 32.3. The van der Waals surface area contributed by atoms with E-state index in [0.717, 1.165) is 0 Å². The lowest BCUT2D eigenvalue weighted by Gasteiger charge is -2.20. The number of carboxylic acid groups (broad SMARTS) is 2. The minimum Gasteiger partial charge on any atom is -0.478 e. The highest BCUT2D eigenvalue weighted by Gasteiger charge is 2.26. The smallest absolute Gasteiger partial charge is 0.336 e. The summed E-state index contributed by atoms with van der Waals surface area (Å²) in [6.07, 6.45) is 0. The zero-order valence-corrected chi connectivity index (χ0v) is 23.5. The van der Waals surface area contributed by atoms with E-state index >= 15 is 0 Å². The summed E-state index contributed by atoms with van der Waals surface area (Å²) in [5.74, 6) is -4.70. The average Bonchev–Trinajstić information content (AvgIpc) is 3.04. The lowest BCUT2D eigenvalue weighted by atomic mass is 9.84. The maximum absolute atomic E-state index is 13.5. The van der Waals surface area contributed by atoms with Gasteiger partial charge in [0, 0.05) is 33.3 Å². The number of rotatable bonds is 6. The Morgan fingerprint density at radius 3 is 1.02 bits per heavy atom. The maximum atomic E-state index is 13.5. The number of carbonyl (C=O) groups is 4. The number of halogens is 2. The molecule has 46 heavy (non-hydrogen) atoms. The van der Waals surface area contributed by atoms with Gasteiger partial charge in [0.25, 0.3) is 11.8 Å². The number of carbonyl (C=O) groups excluding carboxylic acids is 2. The van der Waals surface area contributed by atoms with Gasteiger partial charge >= 0.3 is 11.9 Å². The zero-order valence-electron chi connectivity index (χ0n) is 23.5. The number of hydrogen-bond donors (Lipinski definition) is 4. The van der Waals surface area contributed by atoms with E-state index in [2.05, 4.69) is 10.6 Å². The molecule has 0 spiro atoms. The molecular weight excluding hydrogens is 594 g/mol. The summed E-state index contributed by atoms with van der Waals surface area (Å²) in [5, 5.41) is 29.1. The van der Waals surface area contributed by atoms with Crippen molar-refractivity contribution >= 4 is 78.2 Å². The van der Waals surface area contributed by atoms with Gasteiger partial charge < -0.3 is 20.8 Å².